The van der Waals surface area contributed by atoms with Crippen LogP contribution in [0.5, 0.6) is 0 Å². The van der Waals surface area contributed by atoms with Crippen molar-refractivity contribution < 1.29 is 0 Å². The van der Waals surface area contributed by atoms with Crippen LogP contribution in [0.3, 0.4) is 0 Å². The molecule has 0 saturated heterocycles. The average Bonchev–Trinajstić information content (AvgIpc) is 2.73. The SMILES string of the molecule is CC(C)(C)c1ccc(NC(Nc2ccc(C(C)(C)C)cc2)Nc2ccc(C(C)(C)C)cc2)cc1. The van der Waals surface area contributed by atoms with Gasteiger partial charge in [-0.25, -0.2) is 0 Å². The van der Waals surface area contributed by atoms with Crippen molar-refractivity contribution in [1.29, 1.82) is 0 Å². The zero-order valence-electron chi connectivity index (χ0n) is 22.5. The van der Waals surface area contributed by atoms with Crippen LogP contribution in [0, 0.1) is 0 Å². The summed E-state index contributed by atoms with van der Waals surface area (Å²) in [5, 5.41) is 10.9. The molecule has 34 heavy (non-hydrogen) atoms. The Morgan fingerprint density at radius 1 is 0.382 bits per heavy atom. The maximum absolute atomic E-state index is 3.62. The second kappa shape index (κ2) is 9.74. The third-order valence-electron chi connectivity index (χ3n) is 6.19. The minimum Gasteiger partial charge on any atom is -0.348 e. The molecule has 3 aromatic carbocycles. The lowest BCUT2D eigenvalue weighted by atomic mass is 9.87. The second-order valence-electron chi connectivity index (χ2n) is 12.3. The van der Waals surface area contributed by atoms with E-state index in [2.05, 4.69) is 151 Å². The summed E-state index contributed by atoms with van der Waals surface area (Å²) in [5.74, 6) is 0. The lowest BCUT2D eigenvalue weighted by Crippen LogP contribution is -2.36. The number of hydrogen-bond acceptors (Lipinski definition) is 3. The van der Waals surface area contributed by atoms with Gasteiger partial charge in [-0.05, 0) is 69.3 Å². The van der Waals surface area contributed by atoms with Crippen molar-refractivity contribution in [3.05, 3.63) is 89.5 Å². The van der Waals surface area contributed by atoms with Crippen LogP contribution in [0.1, 0.15) is 79.0 Å². The quantitative estimate of drug-likeness (QED) is 0.325. The molecule has 3 rings (SSSR count). The Morgan fingerprint density at radius 3 is 0.765 bits per heavy atom. The fourth-order valence-corrected chi connectivity index (χ4v) is 3.81. The molecule has 3 N–H and O–H groups in total. The number of anilines is 3. The van der Waals surface area contributed by atoms with E-state index >= 15 is 0 Å². The Bertz CT molecular complexity index is 901. The van der Waals surface area contributed by atoms with E-state index in [-0.39, 0.29) is 22.5 Å². The van der Waals surface area contributed by atoms with Crippen molar-refractivity contribution in [2.75, 3.05) is 16.0 Å². The molecule has 0 saturated carbocycles. The molecule has 0 aliphatic carbocycles. The van der Waals surface area contributed by atoms with Gasteiger partial charge in [0.1, 0.15) is 0 Å². The van der Waals surface area contributed by atoms with Gasteiger partial charge >= 0.3 is 0 Å². The molecule has 3 nitrogen and oxygen atoms in total. The van der Waals surface area contributed by atoms with Gasteiger partial charge < -0.3 is 16.0 Å². The zero-order chi connectivity index (χ0) is 25.1. The van der Waals surface area contributed by atoms with Crippen molar-refractivity contribution in [3.8, 4) is 0 Å². The molecule has 0 heterocycles. The molecule has 0 aliphatic heterocycles. The van der Waals surface area contributed by atoms with E-state index < -0.39 is 0 Å². The smallest absolute Gasteiger partial charge is 0.173 e. The summed E-state index contributed by atoms with van der Waals surface area (Å²) in [7, 11) is 0. The van der Waals surface area contributed by atoms with Gasteiger partial charge in [0.15, 0.2) is 6.29 Å². The molecule has 0 unspecified atom stereocenters. The van der Waals surface area contributed by atoms with Crippen molar-refractivity contribution in [1.82, 2.24) is 0 Å². The first-order valence-electron chi connectivity index (χ1n) is 12.3. The summed E-state index contributed by atoms with van der Waals surface area (Å²) >= 11 is 0. The standard InChI is InChI=1S/C31H43N3/c1-29(2,3)22-10-16-25(17-11-22)32-28(33-26-18-12-23(13-19-26)30(4,5)6)34-27-20-14-24(15-21-27)31(7,8)9/h10-21,28,32-34H,1-9H3. The molecule has 0 aromatic heterocycles. The molecule has 182 valence electrons. The summed E-state index contributed by atoms with van der Waals surface area (Å²) in [6.07, 6.45) is -0.179. The molecule has 0 amide bonds. The van der Waals surface area contributed by atoms with Gasteiger partial charge in [0.05, 0.1) is 0 Å². The first kappa shape index (κ1) is 25.7. The molecule has 0 radical (unpaired) electrons. The van der Waals surface area contributed by atoms with Gasteiger partial charge in [-0.1, -0.05) is 98.7 Å². The molecule has 0 bridgehead atoms. The van der Waals surface area contributed by atoms with Crippen LogP contribution in [0.15, 0.2) is 72.8 Å². The van der Waals surface area contributed by atoms with Crippen LogP contribution in [0.25, 0.3) is 0 Å². The molecule has 3 heteroatoms. The lowest BCUT2D eigenvalue weighted by molar-refractivity contribution is 0.590. The van der Waals surface area contributed by atoms with Gasteiger partial charge in [0.25, 0.3) is 0 Å². The third-order valence-corrected chi connectivity index (χ3v) is 6.19. The fourth-order valence-electron chi connectivity index (χ4n) is 3.81. The van der Waals surface area contributed by atoms with E-state index in [1.54, 1.807) is 0 Å². The Hall–Kier alpha value is -2.94. The van der Waals surface area contributed by atoms with Gasteiger partial charge in [-0.3, -0.25) is 0 Å². The number of hydrogen-bond donors (Lipinski definition) is 3. The van der Waals surface area contributed by atoms with E-state index in [9.17, 15) is 0 Å². The molecule has 0 spiro atoms. The molecule has 0 fully saturated rings. The summed E-state index contributed by atoms with van der Waals surface area (Å²) in [6.45, 7) is 20.2. The number of nitrogens with one attached hydrogen (secondary N) is 3. The van der Waals surface area contributed by atoms with Gasteiger partial charge in [-0.2, -0.15) is 0 Å². The molecule has 0 aliphatic rings. The maximum Gasteiger partial charge on any atom is 0.173 e. The largest absolute Gasteiger partial charge is 0.348 e. The predicted octanol–water partition coefficient (Wildman–Crippen LogP) is 8.50. The molecular formula is C31H43N3. The predicted molar refractivity (Wildman–Crippen MR) is 150 cm³/mol. The Balaban J connectivity index is 1.82. The van der Waals surface area contributed by atoms with Gasteiger partial charge in [0, 0.05) is 17.1 Å². The van der Waals surface area contributed by atoms with E-state index in [4.69, 9.17) is 0 Å². The monoisotopic (exact) mass is 457 g/mol. The second-order valence-corrected chi connectivity index (χ2v) is 12.3. The normalized spacial score (nSPS) is 12.5. The van der Waals surface area contributed by atoms with E-state index in [1.165, 1.54) is 16.7 Å². The maximum atomic E-state index is 3.62. The number of benzene rings is 3. The minimum atomic E-state index is -0.179. The van der Waals surface area contributed by atoms with E-state index in [0.29, 0.717) is 0 Å². The van der Waals surface area contributed by atoms with Gasteiger partial charge in [0.2, 0.25) is 0 Å². The molecule has 0 atom stereocenters. The van der Waals surface area contributed by atoms with Gasteiger partial charge in [-0.15, -0.1) is 0 Å². The van der Waals surface area contributed by atoms with Crippen molar-refractivity contribution in [2.45, 2.75) is 84.8 Å². The van der Waals surface area contributed by atoms with Crippen LogP contribution >= 0.6 is 0 Å². The lowest BCUT2D eigenvalue weighted by Gasteiger charge is -2.26. The first-order valence-corrected chi connectivity index (χ1v) is 12.3. The Morgan fingerprint density at radius 2 is 0.588 bits per heavy atom. The third kappa shape index (κ3) is 7.03. The summed E-state index contributed by atoms with van der Waals surface area (Å²) in [6, 6.07) is 26.2. The van der Waals surface area contributed by atoms with Crippen LogP contribution < -0.4 is 16.0 Å². The van der Waals surface area contributed by atoms with Crippen molar-refractivity contribution in [3.63, 3.8) is 0 Å². The van der Waals surface area contributed by atoms with Crippen LogP contribution in [-0.2, 0) is 16.2 Å². The van der Waals surface area contributed by atoms with Crippen molar-refractivity contribution in [2.24, 2.45) is 0 Å². The summed E-state index contributed by atoms with van der Waals surface area (Å²) in [4.78, 5) is 0. The Labute approximate surface area is 207 Å². The first-order chi connectivity index (χ1) is 15.7. The summed E-state index contributed by atoms with van der Waals surface area (Å²) < 4.78 is 0. The topological polar surface area (TPSA) is 36.1 Å². The number of rotatable bonds is 6. The molecule has 3 aromatic rings. The average molecular weight is 458 g/mol. The fraction of sp³-hybridized carbons (Fsp3) is 0.419. The zero-order valence-corrected chi connectivity index (χ0v) is 22.5. The highest BCUT2D eigenvalue weighted by molar-refractivity contribution is 5.56. The molecular weight excluding hydrogens is 414 g/mol. The van der Waals surface area contributed by atoms with Crippen LogP contribution in [0.4, 0.5) is 17.1 Å². The van der Waals surface area contributed by atoms with E-state index in [1.807, 2.05) is 0 Å². The van der Waals surface area contributed by atoms with E-state index in [0.717, 1.165) is 17.1 Å². The minimum absolute atomic E-state index is 0.137. The highest BCUT2D eigenvalue weighted by Crippen LogP contribution is 2.27. The highest BCUT2D eigenvalue weighted by atomic mass is 15.3. The van der Waals surface area contributed by atoms with Crippen LogP contribution in [-0.4, -0.2) is 6.29 Å². The summed E-state index contributed by atoms with van der Waals surface area (Å²) in [5.41, 5.74) is 7.58. The van der Waals surface area contributed by atoms with Crippen molar-refractivity contribution >= 4 is 17.1 Å². The highest BCUT2D eigenvalue weighted by Gasteiger charge is 2.17. The van der Waals surface area contributed by atoms with Crippen LogP contribution in [0.2, 0.25) is 0 Å². The Kier molecular flexibility index (Phi) is 7.35.